The highest BCUT2D eigenvalue weighted by molar-refractivity contribution is 7.95. The van der Waals surface area contributed by atoms with Gasteiger partial charge in [-0.25, -0.2) is 4.21 Å². The number of carbonyl (C=O) groups excluding carboxylic acids is 1. The van der Waals surface area contributed by atoms with Crippen molar-refractivity contribution in [3.05, 3.63) is 11.8 Å². The fourth-order valence-corrected chi connectivity index (χ4v) is 3.23. The van der Waals surface area contributed by atoms with Gasteiger partial charge in [-0.05, 0) is 11.5 Å². The summed E-state index contributed by atoms with van der Waals surface area (Å²) >= 11 is 1.08. The maximum absolute atomic E-state index is 11.5. The number of aromatic nitrogens is 1. The second kappa shape index (κ2) is 1.89. The van der Waals surface area contributed by atoms with Gasteiger partial charge >= 0.3 is 0 Å². The highest BCUT2D eigenvalue weighted by atomic mass is 32.2. The van der Waals surface area contributed by atoms with E-state index in [0.717, 1.165) is 11.5 Å². The number of carbonyl (C=O) groups is 1. The minimum Gasteiger partial charge on any atom is -0.266 e. The summed E-state index contributed by atoms with van der Waals surface area (Å²) in [6.45, 7) is 0. The van der Waals surface area contributed by atoms with Crippen molar-refractivity contribution in [1.82, 2.24) is 4.37 Å². The molecule has 0 saturated carbocycles. The molecule has 0 N–H and O–H groups in total. The molecule has 0 radical (unpaired) electrons. The van der Waals surface area contributed by atoms with Gasteiger partial charge in [0.15, 0.2) is 0 Å². The Labute approximate surface area is 67.6 Å². The summed E-state index contributed by atoms with van der Waals surface area (Å²) in [5.74, 6) is -0.402. The van der Waals surface area contributed by atoms with Crippen molar-refractivity contribution >= 4 is 27.2 Å². The maximum Gasteiger partial charge on any atom is 0.289 e. The zero-order valence-corrected chi connectivity index (χ0v) is 7.24. The lowest BCUT2D eigenvalue weighted by Crippen LogP contribution is -1.88. The largest absolute Gasteiger partial charge is 0.289 e. The van der Waals surface area contributed by atoms with E-state index in [1.807, 2.05) is 0 Å². The Morgan fingerprint density at radius 3 is 3.00 bits per heavy atom. The second-order valence-electron chi connectivity index (χ2n) is 2.23. The van der Waals surface area contributed by atoms with Crippen LogP contribution in [0.4, 0.5) is 0 Å². The third kappa shape index (κ3) is 0.827. The second-order valence-corrected chi connectivity index (χ2v) is 5.48. The lowest BCUT2D eigenvalue weighted by molar-refractivity contribution is 0.101. The first-order valence-corrected chi connectivity index (χ1v) is 5.52. The van der Waals surface area contributed by atoms with Crippen LogP contribution in [-0.2, 0) is 9.73 Å². The van der Waals surface area contributed by atoms with Crippen molar-refractivity contribution in [3.63, 3.8) is 0 Å². The fraction of sp³-hybridized carbons (Fsp3) is 0.200. The van der Waals surface area contributed by atoms with E-state index < -0.39 is 15.6 Å². The molecule has 0 aliphatic carbocycles. The lowest BCUT2D eigenvalue weighted by atomic mass is 10.4. The number of hydrogen-bond acceptors (Lipinski definition) is 4. The molecular weight excluding hydrogens is 184 g/mol. The van der Waals surface area contributed by atoms with Crippen LogP contribution < -0.4 is 0 Å². The van der Waals surface area contributed by atoms with E-state index in [-0.39, 0.29) is 0 Å². The molecule has 2 heterocycles. The van der Waals surface area contributed by atoms with E-state index in [4.69, 9.17) is 0 Å². The zero-order valence-electron chi connectivity index (χ0n) is 5.60. The first-order valence-electron chi connectivity index (χ1n) is 2.82. The van der Waals surface area contributed by atoms with Crippen molar-refractivity contribution in [1.29, 1.82) is 0 Å². The first kappa shape index (κ1) is 6.93. The molecule has 1 aromatic rings. The van der Waals surface area contributed by atoms with E-state index >= 15 is 0 Å². The third-order valence-corrected chi connectivity index (χ3v) is 4.54. The number of amides is 1. The molecule has 58 valence electrons. The Bertz CT molecular complexity index is 439. The minimum atomic E-state index is -2.43. The lowest BCUT2D eigenvalue weighted by Gasteiger charge is -1.87. The van der Waals surface area contributed by atoms with Gasteiger partial charge in [0.1, 0.15) is 4.21 Å². The van der Waals surface area contributed by atoms with Gasteiger partial charge in [-0.1, -0.05) is 0 Å². The monoisotopic (exact) mass is 188 g/mol. The quantitative estimate of drug-likeness (QED) is 0.603. The highest BCUT2D eigenvalue weighted by Crippen LogP contribution is 2.28. The van der Waals surface area contributed by atoms with Gasteiger partial charge in [-0.3, -0.25) is 4.79 Å². The molecule has 0 bridgehead atoms. The van der Waals surface area contributed by atoms with Gasteiger partial charge in [0.05, 0.1) is 21.5 Å². The van der Waals surface area contributed by atoms with Crippen LogP contribution >= 0.6 is 11.5 Å². The predicted molar refractivity (Wildman–Crippen MR) is 41.2 cm³/mol. The van der Waals surface area contributed by atoms with Crippen molar-refractivity contribution in [2.24, 2.45) is 4.36 Å². The van der Waals surface area contributed by atoms with Crippen LogP contribution in [0.25, 0.3) is 0 Å². The SMILES string of the molecule is CS1(=O)=NC(=O)c2cnsc21. The van der Waals surface area contributed by atoms with E-state index in [1.165, 1.54) is 12.5 Å². The van der Waals surface area contributed by atoms with Gasteiger partial charge in [-0.2, -0.15) is 8.74 Å². The van der Waals surface area contributed by atoms with Crippen LogP contribution in [0.5, 0.6) is 0 Å². The topological polar surface area (TPSA) is 59.4 Å². The fourth-order valence-electron chi connectivity index (χ4n) is 0.893. The van der Waals surface area contributed by atoms with Crippen molar-refractivity contribution in [2.45, 2.75) is 4.21 Å². The molecule has 6 heteroatoms. The van der Waals surface area contributed by atoms with Crippen LogP contribution in [0.1, 0.15) is 10.4 Å². The van der Waals surface area contributed by atoms with E-state index in [9.17, 15) is 9.00 Å². The average molecular weight is 188 g/mol. The summed E-state index contributed by atoms with van der Waals surface area (Å²) in [5.41, 5.74) is 0.405. The maximum atomic E-state index is 11.5. The Morgan fingerprint density at radius 1 is 1.64 bits per heavy atom. The average Bonchev–Trinajstić information content (AvgIpc) is 2.37. The van der Waals surface area contributed by atoms with Crippen LogP contribution in [0, 0.1) is 0 Å². The molecule has 0 spiro atoms. The van der Waals surface area contributed by atoms with Gasteiger partial charge in [0.2, 0.25) is 0 Å². The van der Waals surface area contributed by atoms with Gasteiger partial charge in [-0.15, -0.1) is 0 Å². The van der Waals surface area contributed by atoms with E-state index in [2.05, 4.69) is 8.74 Å². The van der Waals surface area contributed by atoms with Gasteiger partial charge in [0.25, 0.3) is 5.91 Å². The molecule has 2 rings (SSSR count). The molecular formula is C5H4N2O2S2. The predicted octanol–water partition coefficient (Wildman–Crippen LogP) is 0.754. The highest BCUT2D eigenvalue weighted by Gasteiger charge is 2.27. The van der Waals surface area contributed by atoms with E-state index in [1.54, 1.807) is 0 Å². The molecule has 4 nitrogen and oxygen atoms in total. The summed E-state index contributed by atoms with van der Waals surface area (Å²) in [6.07, 6.45) is 2.87. The molecule has 11 heavy (non-hydrogen) atoms. The van der Waals surface area contributed by atoms with Gasteiger partial charge in [0, 0.05) is 6.26 Å². The summed E-state index contributed by atoms with van der Waals surface area (Å²) in [5, 5.41) is 0. The molecule has 0 fully saturated rings. The molecule has 0 saturated heterocycles. The van der Waals surface area contributed by atoms with Crippen LogP contribution in [-0.4, -0.2) is 20.7 Å². The number of fused-ring (bicyclic) bond motifs is 1. The third-order valence-electron chi connectivity index (χ3n) is 1.37. The Morgan fingerprint density at radius 2 is 2.36 bits per heavy atom. The summed E-state index contributed by atoms with van der Waals surface area (Å²) < 4.78 is 19.3. The Balaban J connectivity index is 2.89. The number of rotatable bonds is 0. The summed E-state index contributed by atoms with van der Waals surface area (Å²) in [7, 11) is -2.43. The van der Waals surface area contributed by atoms with Crippen LogP contribution in [0.2, 0.25) is 0 Å². The standard InChI is InChI=1S/C5H4N2O2S2/c1-11(9)5-3(2-6-10-5)4(8)7-11/h2H,1H3. The summed E-state index contributed by atoms with van der Waals surface area (Å²) in [6, 6.07) is 0. The molecule has 1 aliphatic rings. The molecule has 1 amide bonds. The van der Waals surface area contributed by atoms with E-state index in [0.29, 0.717) is 9.77 Å². The Kier molecular flexibility index (Phi) is 1.19. The Hall–Kier alpha value is -0.750. The molecule has 1 unspecified atom stereocenters. The van der Waals surface area contributed by atoms with Crippen LogP contribution in [0.3, 0.4) is 0 Å². The minimum absolute atomic E-state index is 0.402. The molecule has 1 aromatic heterocycles. The van der Waals surface area contributed by atoms with Crippen LogP contribution in [0.15, 0.2) is 14.8 Å². The normalized spacial score (nSPS) is 28.3. The molecule has 1 atom stereocenters. The molecule has 1 aliphatic heterocycles. The zero-order chi connectivity index (χ0) is 8.06. The summed E-state index contributed by atoms with van der Waals surface area (Å²) in [4.78, 5) is 11.0. The van der Waals surface area contributed by atoms with Crippen molar-refractivity contribution in [3.8, 4) is 0 Å². The van der Waals surface area contributed by atoms with Gasteiger partial charge < -0.3 is 0 Å². The number of nitrogens with zero attached hydrogens (tertiary/aromatic N) is 2. The van der Waals surface area contributed by atoms with Crippen molar-refractivity contribution < 1.29 is 9.00 Å². The van der Waals surface area contributed by atoms with Crippen molar-refractivity contribution in [2.75, 3.05) is 6.26 Å². The first-order chi connectivity index (χ1) is 5.11. The molecule has 0 aromatic carbocycles. The smallest absolute Gasteiger partial charge is 0.266 e. The number of hydrogen-bond donors (Lipinski definition) is 0.